The van der Waals surface area contributed by atoms with E-state index in [1.165, 1.54) is 4.90 Å². The van der Waals surface area contributed by atoms with Gasteiger partial charge in [-0.15, -0.1) is 0 Å². The van der Waals surface area contributed by atoms with E-state index in [1.54, 1.807) is 49.5 Å². The van der Waals surface area contributed by atoms with Gasteiger partial charge in [-0.2, -0.15) is 0 Å². The summed E-state index contributed by atoms with van der Waals surface area (Å²) in [4.78, 5) is 25.5. The zero-order chi connectivity index (χ0) is 18.4. The van der Waals surface area contributed by atoms with Crippen LogP contribution in [-0.4, -0.2) is 35.4 Å². The largest absolute Gasteiger partial charge is 0.508 e. The van der Waals surface area contributed by atoms with Crippen LogP contribution in [0.3, 0.4) is 0 Å². The first-order valence-corrected chi connectivity index (χ1v) is 8.38. The minimum Gasteiger partial charge on any atom is -0.508 e. The van der Waals surface area contributed by atoms with E-state index in [2.05, 4.69) is 5.32 Å². The number of likely N-dealkylation sites (N-methyl/N-ethyl adjacent to an activating group) is 1. The second kappa shape index (κ2) is 8.74. The monoisotopic (exact) mass is 380 g/mol. The lowest BCUT2D eigenvalue weighted by Crippen LogP contribution is -2.35. The minimum atomic E-state index is -0.336. The van der Waals surface area contributed by atoms with Gasteiger partial charge in [0.15, 0.2) is 0 Å². The lowest BCUT2D eigenvalue weighted by Gasteiger charge is -2.17. The zero-order valence-electron chi connectivity index (χ0n) is 13.6. The average molecular weight is 381 g/mol. The predicted octanol–water partition coefficient (Wildman–Crippen LogP) is 3.73. The van der Waals surface area contributed by atoms with E-state index in [0.717, 1.165) is 0 Å². The summed E-state index contributed by atoms with van der Waals surface area (Å²) in [6.07, 6.45) is 0.610. The number of carbonyl (C=O) groups is 2. The van der Waals surface area contributed by atoms with E-state index in [-0.39, 0.29) is 30.5 Å². The molecule has 2 aromatic carbocycles. The lowest BCUT2D eigenvalue weighted by molar-refractivity contribution is -0.133. The van der Waals surface area contributed by atoms with Crippen LogP contribution in [0.25, 0.3) is 0 Å². The summed E-state index contributed by atoms with van der Waals surface area (Å²) in [6, 6.07) is 11.6. The molecule has 0 bridgehead atoms. The number of hydrogen-bond donors (Lipinski definition) is 2. The molecule has 0 radical (unpaired) electrons. The number of nitrogens with one attached hydrogen (secondary N) is 1. The molecule has 7 heteroatoms. The number of phenolic OH excluding ortho intramolecular Hbond substituents is 1. The number of aryl methyl sites for hydroxylation is 1. The fourth-order valence-electron chi connectivity index (χ4n) is 2.23. The third-order valence-electron chi connectivity index (χ3n) is 3.61. The number of rotatable bonds is 6. The Balaban J connectivity index is 1.84. The Hall–Kier alpha value is -2.24. The molecular formula is C18H18Cl2N2O3. The Kier molecular flexibility index (Phi) is 6.67. The number of anilines is 1. The molecule has 0 unspecified atom stereocenters. The van der Waals surface area contributed by atoms with Crippen LogP contribution in [-0.2, 0) is 16.0 Å². The molecule has 25 heavy (non-hydrogen) atoms. The van der Waals surface area contributed by atoms with Crippen LogP contribution >= 0.6 is 23.2 Å². The minimum absolute atomic E-state index is 0.0835. The van der Waals surface area contributed by atoms with Crippen molar-refractivity contribution in [3.05, 3.63) is 58.1 Å². The summed E-state index contributed by atoms with van der Waals surface area (Å²) in [6.45, 7) is -0.0835. The molecular weight excluding hydrogens is 363 g/mol. The Morgan fingerprint density at radius 2 is 1.84 bits per heavy atom. The second-order valence-corrected chi connectivity index (χ2v) is 6.37. The van der Waals surface area contributed by atoms with Gasteiger partial charge in [0, 0.05) is 19.2 Å². The number of benzene rings is 2. The van der Waals surface area contributed by atoms with Crippen LogP contribution in [0.2, 0.25) is 10.0 Å². The maximum Gasteiger partial charge on any atom is 0.243 e. The zero-order valence-corrected chi connectivity index (χ0v) is 15.1. The average Bonchev–Trinajstić information content (AvgIpc) is 2.57. The van der Waals surface area contributed by atoms with Gasteiger partial charge < -0.3 is 15.3 Å². The van der Waals surface area contributed by atoms with Crippen LogP contribution in [0.4, 0.5) is 5.69 Å². The van der Waals surface area contributed by atoms with Crippen molar-refractivity contribution in [3.63, 3.8) is 0 Å². The van der Waals surface area contributed by atoms with Crippen LogP contribution in [0.5, 0.6) is 5.75 Å². The molecule has 0 atom stereocenters. The summed E-state index contributed by atoms with van der Waals surface area (Å²) >= 11 is 11.7. The van der Waals surface area contributed by atoms with Crippen molar-refractivity contribution in [2.75, 3.05) is 18.9 Å². The summed E-state index contributed by atoms with van der Waals surface area (Å²) in [5, 5.41) is 13.1. The second-order valence-electron chi connectivity index (χ2n) is 5.56. The first-order valence-electron chi connectivity index (χ1n) is 7.62. The van der Waals surface area contributed by atoms with E-state index in [9.17, 15) is 14.7 Å². The molecule has 0 heterocycles. The van der Waals surface area contributed by atoms with Gasteiger partial charge in [0.25, 0.3) is 0 Å². The van der Waals surface area contributed by atoms with Crippen LogP contribution < -0.4 is 5.32 Å². The number of carbonyl (C=O) groups excluding carboxylic acids is 2. The maximum atomic E-state index is 12.1. The van der Waals surface area contributed by atoms with Crippen molar-refractivity contribution in [3.8, 4) is 5.75 Å². The highest BCUT2D eigenvalue weighted by molar-refractivity contribution is 6.42. The number of halogens is 2. The van der Waals surface area contributed by atoms with Crippen molar-refractivity contribution >= 4 is 40.7 Å². The summed E-state index contributed by atoms with van der Waals surface area (Å²) < 4.78 is 0. The molecule has 0 aromatic heterocycles. The number of amides is 2. The van der Waals surface area contributed by atoms with E-state index in [4.69, 9.17) is 23.2 Å². The standard InChI is InChI=1S/C18H18Cl2N2O3/c1-22(18(25)9-6-12-4-2-3-5-16(12)23)11-17(24)21-13-7-8-14(19)15(20)10-13/h2-5,7-8,10,23H,6,9,11H2,1H3,(H,21,24). The quantitative estimate of drug-likeness (QED) is 0.801. The van der Waals surface area contributed by atoms with Gasteiger partial charge >= 0.3 is 0 Å². The van der Waals surface area contributed by atoms with E-state index < -0.39 is 0 Å². The first kappa shape index (κ1) is 19.1. The van der Waals surface area contributed by atoms with Crippen molar-refractivity contribution < 1.29 is 14.7 Å². The van der Waals surface area contributed by atoms with E-state index in [0.29, 0.717) is 27.7 Å². The van der Waals surface area contributed by atoms with Crippen molar-refractivity contribution in [1.29, 1.82) is 0 Å². The third-order valence-corrected chi connectivity index (χ3v) is 4.35. The number of aromatic hydroxyl groups is 1. The molecule has 2 aromatic rings. The summed E-state index contributed by atoms with van der Waals surface area (Å²) in [7, 11) is 1.56. The molecule has 0 aliphatic carbocycles. The van der Waals surface area contributed by atoms with E-state index >= 15 is 0 Å². The summed E-state index contributed by atoms with van der Waals surface area (Å²) in [5.74, 6) is -0.361. The van der Waals surface area contributed by atoms with Crippen LogP contribution in [0, 0.1) is 0 Å². The SMILES string of the molecule is CN(CC(=O)Nc1ccc(Cl)c(Cl)c1)C(=O)CCc1ccccc1O. The Morgan fingerprint density at radius 3 is 2.52 bits per heavy atom. The highest BCUT2D eigenvalue weighted by Gasteiger charge is 2.14. The molecule has 2 amide bonds. The molecule has 0 aliphatic heterocycles. The van der Waals surface area contributed by atoms with Crippen molar-refractivity contribution in [1.82, 2.24) is 4.90 Å². The van der Waals surface area contributed by atoms with Gasteiger partial charge in [-0.3, -0.25) is 9.59 Å². The first-order chi connectivity index (χ1) is 11.9. The lowest BCUT2D eigenvalue weighted by atomic mass is 10.1. The Morgan fingerprint density at radius 1 is 1.12 bits per heavy atom. The van der Waals surface area contributed by atoms with Crippen LogP contribution in [0.1, 0.15) is 12.0 Å². The molecule has 5 nitrogen and oxygen atoms in total. The number of phenols is 1. The van der Waals surface area contributed by atoms with Gasteiger partial charge in [0.2, 0.25) is 11.8 Å². The number of para-hydroxylation sites is 1. The molecule has 0 spiro atoms. The topological polar surface area (TPSA) is 69.6 Å². The Bertz CT molecular complexity index is 781. The van der Waals surface area contributed by atoms with Crippen LogP contribution in [0.15, 0.2) is 42.5 Å². The fraction of sp³-hybridized carbons (Fsp3) is 0.222. The summed E-state index contributed by atoms with van der Waals surface area (Å²) in [5.41, 5.74) is 1.21. The van der Waals surface area contributed by atoms with Gasteiger partial charge in [0.05, 0.1) is 16.6 Å². The molecule has 2 N–H and O–H groups in total. The third kappa shape index (κ3) is 5.66. The normalized spacial score (nSPS) is 10.4. The molecule has 0 saturated heterocycles. The van der Waals surface area contributed by atoms with Gasteiger partial charge in [0.1, 0.15) is 5.75 Å². The number of hydrogen-bond acceptors (Lipinski definition) is 3. The van der Waals surface area contributed by atoms with Gasteiger partial charge in [-0.1, -0.05) is 41.4 Å². The van der Waals surface area contributed by atoms with Gasteiger partial charge in [-0.25, -0.2) is 0 Å². The molecule has 0 aliphatic rings. The fourth-order valence-corrected chi connectivity index (χ4v) is 2.53. The smallest absolute Gasteiger partial charge is 0.243 e. The maximum absolute atomic E-state index is 12.1. The van der Waals surface area contributed by atoms with Crippen molar-refractivity contribution in [2.24, 2.45) is 0 Å². The predicted molar refractivity (Wildman–Crippen MR) is 99.2 cm³/mol. The molecule has 132 valence electrons. The van der Waals surface area contributed by atoms with Crippen molar-refractivity contribution in [2.45, 2.75) is 12.8 Å². The highest BCUT2D eigenvalue weighted by Crippen LogP contribution is 2.25. The molecule has 0 saturated carbocycles. The number of nitrogens with zero attached hydrogens (tertiary/aromatic N) is 1. The Labute approximate surface area is 156 Å². The van der Waals surface area contributed by atoms with E-state index in [1.807, 2.05) is 0 Å². The molecule has 0 fully saturated rings. The highest BCUT2D eigenvalue weighted by atomic mass is 35.5. The molecule has 2 rings (SSSR count). The van der Waals surface area contributed by atoms with Gasteiger partial charge in [-0.05, 0) is 36.2 Å².